The number of hydrogen-bond donors (Lipinski definition) is 0. The van der Waals surface area contributed by atoms with Crippen LogP contribution in [0, 0.1) is 12.7 Å². The SMILES string of the molecule is C/C(=C\c1ccc2c(c1)N(S(=O)(=O)c1cccc(C)c1)C[C@H](CCC(=O)N1C[C@@H](C)O[C@@H](C)C1)O2)c1c(F)cccc1Cl. The van der Waals surface area contributed by atoms with Gasteiger partial charge in [0, 0.05) is 25.1 Å². The van der Waals surface area contributed by atoms with E-state index in [1.54, 1.807) is 66.4 Å². The summed E-state index contributed by atoms with van der Waals surface area (Å²) >= 11 is 6.28. The molecule has 1 amide bonds. The molecule has 3 aromatic carbocycles. The Morgan fingerprint density at radius 3 is 2.47 bits per heavy atom. The Bertz CT molecular complexity index is 1630. The third kappa shape index (κ3) is 6.89. The fourth-order valence-electron chi connectivity index (χ4n) is 5.72. The summed E-state index contributed by atoms with van der Waals surface area (Å²) in [6, 6.07) is 16.5. The van der Waals surface area contributed by atoms with Gasteiger partial charge in [0.25, 0.3) is 10.0 Å². The minimum atomic E-state index is -3.98. The highest BCUT2D eigenvalue weighted by molar-refractivity contribution is 7.92. The number of fused-ring (bicyclic) bond motifs is 1. The van der Waals surface area contributed by atoms with Gasteiger partial charge < -0.3 is 14.4 Å². The first-order valence-electron chi connectivity index (χ1n) is 14.4. The monoisotopic (exact) mass is 626 g/mol. The van der Waals surface area contributed by atoms with Crippen LogP contribution in [-0.4, -0.2) is 57.2 Å². The average Bonchev–Trinajstić information content (AvgIpc) is 2.95. The lowest BCUT2D eigenvalue weighted by atomic mass is 10.0. The van der Waals surface area contributed by atoms with Gasteiger partial charge in [-0.05, 0) is 87.2 Å². The van der Waals surface area contributed by atoms with E-state index >= 15 is 0 Å². The van der Waals surface area contributed by atoms with Gasteiger partial charge in [0.1, 0.15) is 17.7 Å². The molecule has 0 unspecified atom stereocenters. The zero-order chi connectivity index (χ0) is 30.9. The van der Waals surface area contributed by atoms with Crippen LogP contribution in [0.1, 0.15) is 50.3 Å². The predicted molar refractivity (Wildman–Crippen MR) is 167 cm³/mol. The van der Waals surface area contributed by atoms with Crippen molar-refractivity contribution in [3.05, 3.63) is 88.2 Å². The lowest BCUT2D eigenvalue weighted by molar-refractivity contribution is -0.143. The number of benzene rings is 3. The fraction of sp³-hybridized carbons (Fsp3) is 0.364. The first-order chi connectivity index (χ1) is 20.4. The number of rotatable bonds is 7. The predicted octanol–water partition coefficient (Wildman–Crippen LogP) is 6.72. The van der Waals surface area contributed by atoms with E-state index in [2.05, 4.69) is 0 Å². The number of carbonyl (C=O) groups is 1. The molecule has 3 aromatic rings. The second kappa shape index (κ2) is 12.7. The van der Waals surface area contributed by atoms with Gasteiger partial charge >= 0.3 is 0 Å². The number of ether oxygens (including phenoxy) is 2. The van der Waals surface area contributed by atoms with Gasteiger partial charge in [0.15, 0.2) is 0 Å². The van der Waals surface area contributed by atoms with Crippen LogP contribution in [0.25, 0.3) is 11.6 Å². The number of amides is 1. The van der Waals surface area contributed by atoms with Crippen LogP contribution >= 0.6 is 11.6 Å². The smallest absolute Gasteiger partial charge is 0.264 e. The van der Waals surface area contributed by atoms with Gasteiger partial charge in [-0.25, -0.2) is 12.8 Å². The normalized spacial score (nSPS) is 20.9. The van der Waals surface area contributed by atoms with Crippen molar-refractivity contribution < 1.29 is 27.1 Å². The third-order valence-corrected chi connectivity index (χ3v) is 9.78. The molecule has 0 aliphatic carbocycles. The molecule has 2 heterocycles. The molecule has 10 heteroatoms. The van der Waals surface area contributed by atoms with Crippen LogP contribution in [0.2, 0.25) is 5.02 Å². The maximum Gasteiger partial charge on any atom is 0.264 e. The molecule has 1 saturated heterocycles. The Hall–Kier alpha value is -3.40. The summed E-state index contributed by atoms with van der Waals surface area (Å²) in [5.41, 5.74) is 2.74. The molecule has 2 aliphatic heterocycles. The molecular formula is C33H36ClFN2O5S. The molecule has 0 spiro atoms. The summed E-state index contributed by atoms with van der Waals surface area (Å²) in [6.07, 6.45) is 1.72. The maximum absolute atomic E-state index is 14.6. The molecule has 0 N–H and O–H groups in total. The standard InChI is InChI=1S/C33H36ClFN2O5S/c1-21-7-5-8-27(15-21)43(39,40)37-20-26(12-14-32(38)36-18-23(3)41-24(4)19-36)42-31-13-11-25(17-30(31)37)16-22(2)33-28(34)9-6-10-29(33)35/h5-11,13,15-17,23-24,26H,12,14,18-20H2,1-4H3/b22-16+/t23-,24+,26-/m0/s1. The summed E-state index contributed by atoms with van der Waals surface area (Å²) in [7, 11) is -3.98. The minimum Gasteiger partial charge on any atom is -0.486 e. The Morgan fingerprint density at radius 2 is 1.77 bits per heavy atom. The molecule has 0 radical (unpaired) electrons. The number of sulfonamides is 1. The first-order valence-corrected chi connectivity index (χ1v) is 16.2. The number of carbonyl (C=O) groups excluding carboxylic acids is 1. The van der Waals surface area contributed by atoms with Crippen molar-refractivity contribution in [1.82, 2.24) is 4.90 Å². The average molecular weight is 627 g/mol. The molecule has 43 heavy (non-hydrogen) atoms. The zero-order valence-corrected chi connectivity index (χ0v) is 26.3. The molecule has 1 fully saturated rings. The second-order valence-electron chi connectivity index (χ2n) is 11.3. The third-order valence-electron chi connectivity index (χ3n) is 7.69. The van der Waals surface area contributed by atoms with Crippen LogP contribution in [0.4, 0.5) is 10.1 Å². The van der Waals surface area contributed by atoms with E-state index in [4.69, 9.17) is 21.1 Å². The summed E-state index contributed by atoms with van der Waals surface area (Å²) < 4.78 is 56.1. The van der Waals surface area contributed by atoms with Gasteiger partial charge in [0.2, 0.25) is 5.91 Å². The molecule has 0 bridgehead atoms. The lowest BCUT2D eigenvalue weighted by Crippen LogP contribution is -2.48. The van der Waals surface area contributed by atoms with Crippen molar-refractivity contribution in [2.45, 2.75) is 63.7 Å². The zero-order valence-electron chi connectivity index (χ0n) is 24.7. The Morgan fingerprint density at radius 1 is 1.05 bits per heavy atom. The Balaban J connectivity index is 1.46. The molecule has 0 aromatic heterocycles. The topological polar surface area (TPSA) is 76.2 Å². The van der Waals surface area contributed by atoms with Crippen molar-refractivity contribution in [1.29, 1.82) is 0 Å². The highest BCUT2D eigenvalue weighted by atomic mass is 35.5. The van der Waals surface area contributed by atoms with Gasteiger partial charge in [0.05, 0.1) is 34.4 Å². The van der Waals surface area contributed by atoms with Crippen LogP contribution in [0.5, 0.6) is 5.75 Å². The van der Waals surface area contributed by atoms with Crippen molar-refractivity contribution in [3.63, 3.8) is 0 Å². The van der Waals surface area contributed by atoms with Gasteiger partial charge in [-0.2, -0.15) is 0 Å². The van der Waals surface area contributed by atoms with Crippen molar-refractivity contribution in [2.24, 2.45) is 0 Å². The highest BCUT2D eigenvalue weighted by Gasteiger charge is 2.35. The van der Waals surface area contributed by atoms with E-state index in [1.165, 1.54) is 10.4 Å². The number of anilines is 1. The summed E-state index contributed by atoms with van der Waals surface area (Å²) in [5.74, 6) is -0.0518. The quantitative estimate of drug-likeness (QED) is 0.272. The van der Waals surface area contributed by atoms with E-state index in [1.807, 2.05) is 26.8 Å². The van der Waals surface area contributed by atoms with Gasteiger partial charge in [-0.1, -0.05) is 41.9 Å². The van der Waals surface area contributed by atoms with Gasteiger partial charge in [-0.15, -0.1) is 0 Å². The van der Waals surface area contributed by atoms with Crippen molar-refractivity contribution in [3.8, 4) is 5.75 Å². The molecule has 7 nitrogen and oxygen atoms in total. The van der Waals surface area contributed by atoms with Crippen LogP contribution in [0.3, 0.4) is 0 Å². The van der Waals surface area contributed by atoms with Crippen molar-refractivity contribution >= 4 is 44.9 Å². The minimum absolute atomic E-state index is 0.00717. The Kier molecular flexibility index (Phi) is 9.15. The maximum atomic E-state index is 14.6. The first kappa shape index (κ1) is 31.0. The van der Waals surface area contributed by atoms with E-state index < -0.39 is 21.9 Å². The molecule has 0 saturated carbocycles. The van der Waals surface area contributed by atoms with Crippen LogP contribution < -0.4 is 9.04 Å². The van der Waals surface area contributed by atoms with Gasteiger partial charge in [-0.3, -0.25) is 9.10 Å². The molecule has 3 atom stereocenters. The summed E-state index contributed by atoms with van der Waals surface area (Å²) in [6.45, 7) is 8.58. The molecule has 5 rings (SSSR count). The highest BCUT2D eigenvalue weighted by Crippen LogP contribution is 2.40. The number of halogens is 2. The summed E-state index contributed by atoms with van der Waals surface area (Å²) in [4.78, 5) is 15.0. The number of hydrogen-bond acceptors (Lipinski definition) is 5. The van der Waals surface area contributed by atoms with E-state index in [-0.39, 0.29) is 46.6 Å². The van der Waals surface area contributed by atoms with E-state index in [0.29, 0.717) is 42.1 Å². The van der Waals surface area contributed by atoms with Crippen LogP contribution in [-0.2, 0) is 19.6 Å². The number of morpholine rings is 1. The second-order valence-corrected chi connectivity index (χ2v) is 13.6. The van der Waals surface area contributed by atoms with Crippen molar-refractivity contribution in [2.75, 3.05) is 23.9 Å². The molecule has 2 aliphatic rings. The largest absolute Gasteiger partial charge is 0.486 e. The fourth-order valence-corrected chi connectivity index (χ4v) is 7.64. The number of allylic oxidation sites excluding steroid dienone is 1. The van der Waals surface area contributed by atoms with E-state index in [9.17, 15) is 17.6 Å². The van der Waals surface area contributed by atoms with Crippen LogP contribution in [0.15, 0.2) is 65.6 Å². The summed E-state index contributed by atoms with van der Waals surface area (Å²) in [5, 5.41) is 0.289. The number of aryl methyl sites for hydroxylation is 1. The Labute approximate surface area is 257 Å². The molecule has 228 valence electrons. The lowest BCUT2D eigenvalue weighted by Gasteiger charge is -2.37. The molecular weight excluding hydrogens is 591 g/mol. The van der Waals surface area contributed by atoms with E-state index in [0.717, 1.165) is 5.56 Å². The number of nitrogens with zero attached hydrogens (tertiary/aromatic N) is 2.